The Balaban J connectivity index is 1.86. The van der Waals surface area contributed by atoms with Gasteiger partial charge in [0.05, 0.1) is 5.60 Å². The molecule has 0 radical (unpaired) electrons. The largest absolute Gasteiger partial charge is 0.389 e. The molecule has 1 aromatic carbocycles. The van der Waals surface area contributed by atoms with Gasteiger partial charge in [-0.25, -0.2) is 0 Å². The standard InChI is InChI=1S/C17H27NO/c1-13(2)11-15-5-7-16(8-6-15)14(3)18-12-17(19)9-4-10-17/h5-8,13-14,18-19H,4,9-12H2,1-3H3. The molecule has 106 valence electrons. The molecule has 2 nitrogen and oxygen atoms in total. The fourth-order valence-electron chi connectivity index (χ4n) is 2.64. The normalized spacial score (nSPS) is 19.2. The van der Waals surface area contributed by atoms with Gasteiger partial charge in [0.1, 0.15) is 0 Å². The first-order valence-corrected chi connectivity index (χ1v) is 7.53. The van der Waals surface area contributed by atoms with E-state index in [1.165, 1.54) is 11.1 Å². The molecule has 0 saturated heterocycles. The Morgan fingerprint density at radius 1 is 1.16 bits per heavy atom. The maximum absolute atomic E-state index is 10.1. The third kappa shape index (κ3) is 4.05. The monoisotopic (exact) mass is 261 g/mol. The van der Waals surface area contributed by atoms with Crippen LogP contribution in [0.4, 0.5) is 0 Å². The van der Waals surface area contributed by atoms with Gasteiger partial charge >= 0.3 is 0 Å². The Labute approximate surface area is 117 Å². The molecule has 1 atom stereocenters. The first kappa shape index (κ1) is 14.5. The second-order valence-electron chi connectivity index (χ2n) is 6.52. The van der Waals surface area contributed by atoms with E-state index in [1.54, 1.807) is 0 Å². The second-order valence-corrected chi connectivity index (χ2v) is 6.52. The molecule has 1 aromatic rings. The number of hydrogen-bond acceptors (Lipinski definition) is 2. The first-order valence-electron chi connectivity index (χ1n) is 7.53. The van der Waals surface area contributed by atoms with Gasteiger partial charge in [-0.3, -0.25) is 0 Å². The summed E-state index contributed by atoms with van der Waals surface area (Å²) in [6.45, 7) is 7.37. The molecular weight excluding hydrogens is 234 g/mol. The number of benzene rings is 1. The lowest BCUT2D eigenvalue weighted by Gasteiger charge is -2.37. The molecule has 19 heavy (non-hydrogen) atoms. The van der Waals surface area contributed by atoms with Crippen molar-refractivity contribution in [1.29, 1.82) is 0 Å². The predicted octanol–water partition coefficient (Wildman–Crippen LogP) is 3.45. The van der Waals surface area contributed by atoms with Crippen molar-refractivity contribution in [3.05, 3.63) is 35.4 Å². The van der Waals surface area contributed by atoms with Crippen LogP contribution in [-0.4, -0.2) is 17.3 Å². The smallest absolute Gasteiger partial charge is 0.0771 e. The Hall–Kier alpha value is -0.860. The van der Waals surface area contributed by atoms with Crippen LogP contribution < -0.4 is 5.32 Å². The Kier molecular flexibility index (Phi) is 4.64. The zero-order valence-corrected chi connectivity index (χ0v) is 12.4. The molecule has 1 aliphatic rings. The molecule has 1 fully saturated rings. The molecule has 0 heterocycles. The van der Waals surface area contributed by atoms with Crippen molar-refractivity contribution in [3.8, 4) is 0 Å². The van der Waals surface area contributed by atoms with Crippen LogP contribution in [0.15, 0.2) is 24.3 Å². The van der Waals surface area contributed by atoms with Gasteiger partial charge in [0.2, 0.25) is 0 Å². The molecule has 2 N–H and O–H groups in total. The highest BCUT2D eigenvalue weighted by atomic mass is 16.3. The molecule has 1 unspecified atom stereocenters. The van der Waals surface area contributed by atoms with Crippen LogP contribution in [0.1, 0.15) is 57.2 Å². The van der Waals surface area contributed by atoms with Crippen LogP contribution in [0.2, 0.25) is 0 Å². The third-order valence-corrected chi connectivity index (χ3v) is 4.15. The molecule has 0 spiro atoms. The molecular formula is C17H27NO. The summed E-state index contributed by atoms with van der Waals surface area (Å²) >= 11 is 0. The van der Waals surface area contributed by atoms with Crippen molar-refractivity contribution in [2.75, 3.05) is 6.54 Å². The van der Waals surface area contributed by atoms with Gasteiger partial charge in [-0.2, -0.15) is 0 Å². The molecule has 1 saturated carbocycles. The summed E-state index contributed by atoms with van der Waals surface area (Å²) in [4.78, 5) is 0. The number of aliphatic hydroxyl groups is 1. The van der Waals surface area contributed by atoms with Crippen LogP contribution >= 0.6 is 0 Å². The van der Waals surface area contributed by atoms with Gasteiger partial charge in [-0.1, -0.05) is 38.1 Å². The Morgan fingerprint density at radius 3 is 2.26 bits per heavy atom. The van der Waals surface area contributed by atoms with E-state index < -0.39 is 5.60 Å². The molecule has 2 heteroatoms. The van der Waals surface area contributed by atoms with Crippen molar-refractivity contribution in [2.24, 2.45) is 5.92 Å². The average Bonchev–Trinajstić information content (AvgIpc) is 2.34. The summed E-state index contributed by atoms with van der Waals surface area (Å²) in [6.07, 6.45) is 4.19. The van der Waals surface area contributed by atoms with Gasteiger partial charge in [0.15, 0.2) is 0 Å². The molecule has 0 bridgehead atoms. The van der Waals surface area contributed by atoms with Gasteiger partial charge in [0.25, 0.3) is 0 Å². The number of hydrogen-bond donors (Lipinski definition) is 2. The van der Waals surface area contributed by atoms with Gasteiger partial charge in [-0.15, -0.1) is 0 Å². The van der Waals surface area contributed by atoms with Crippen LogP contribution in [0.5, 0.6) is 0 Å². The van der Waals surface area contributed by atoms with E-state index in [4.69, 9.17) is 0 Å². The fourth-order valence-corrected chi connectivity index (χ4v) is 2.64. The van der Waals surface area contributed by atoms with E-state index in [9.17, 15) is 5.11 Å². The van der Waals surface area contributed by atoms with Crippen molar-refractivity contribution >= 4 is 0 Å². The number of rotatable bonds is 6. The van der Waals surface area contributed by atoms with Crippen molar-refractivity contribution in [2.45, 2.75) is 58.1 Å². The van der Waals surface area contributed by atoms with Crippen LogP contribution in [0.25, 0.3) is 0 Å². The highest BCUT2D eigenvalue weighted by Crippen LogP contribution is 2.31. The van der Waals surface area contributed by atoms with Crippen LogP contribution in [0, 0.1) is 5.92 Å². The van der Waals surface area contributed by atoms with Gasteiger partial charge < -0.3 is 10.4 Å². The van der Waals surface area contributed by atoms with E-state index in [-0.39, 0.29) is 0 Å². The Morgan fingerprint density at radius 2 is 1.79 bits per heavy atom. The van der Waals surface area contributed by atoms with Gasteiger partial charge in [-0.05, 0) is 49.7 Å². The third-order valence-electron chi connectivity index (χ3n) is 4.15. The lowest BCUT2D eigenvalue weighted by molar-refractivity contribution is -0.0329. The minimum absolute atomic E-state index is 0.303. The molecule has 2 rings (SSSR count). The first-order chi connectivity index (χ1) is 8.98. The zero-order chi connectivity index (χ0) is 13.9. The molecule has 1 aliphatic carbocycles. The lowest BCUT2D eigenvalue weighted by Crippen LogP contribution is -2.46. The highest BCUT2D eigenvalue weighted by Gasteiger charge is 2.34. The fraction of sp³-hybridized carbons (Fsp3) is 0.647. The van der Waals surface area contributed by atoms with E-state index >= 15 is 0 Å². The molecule has 0 aliphatic heterocycles. The Bertz CT molecular complexity index is 392. The topological polar surface area (TPSA) is 32.3 Å². The summed E-state index contributed by atoms with van der Waals surface area (Å²) in [5, 5.41) is 13.5. The molecule has 0 amide bonds. The van der Waals surface area contributed by atoms with E-state index in [0.29, 0.717) is 18.5 Å². The molecule has 0 aromatic heterocycles. The number of nitrogens with one attached hydrogen (secondary N) is 1. The van der Waals surface area contributed by atoms with Crippen LogP contribution in [0.3, 0.4) is 0 Å². The minimum atomic E-state index is -0.439. The zero-order valence-electron chi connectivity index (χ0n) is 12.4. The quantitative estimate of drug-likeness (QED) is 0.822. The average molecular weight is 261 g/mol. The van der Waals surface area contributed by atoms with Crippen molar-refractivity contribution < 1.29 is 5.11 Å². The van der Waals surface area contributed by atoms with E-state index in [0.717, 1.165) is 25.7 Å². The van der Waals surface area contributed by atoms with Crippen molar-refractivity contribution in [1.82, 2.24) is 5.32 Å². The van der Waals surface area contributed by atoms with Crippen LogP contribution in [-0.2, 0) is 6.42 Å². The van der Waals surface area contributed by atoms with E-state index in [2.05, 4.69) is 50.4 Å². The summed E-state index contributed by atoms with van der Waals surface area (Å²) in [6, 6.07) is 9.18. The van der Waals surface area contributed by atoms with E-state index in [1.807, 2.05) is 0 Å². The predicted molar refractivity (Wildman–Crippen MR) is 80.2 cm³/mol. The maximum atomic E-state index is 10.1. The summed E-state index contributed by atoms with van der Waals surface area (Å²) in [5.74, 6) is 0.703. The second kappa shape index (κ2) is 6.06. The van der Waals surface area contributed by atoms with Crippen molar-refractivity contribution in [3.63, 3.8) is 0 Å². The SMILES string of the molecule is CC(C)Cc1ccc(C(C)NCC2(O)CCC2)cc1. The summed E-state index contributed by atoms with van der Waals surface area (Å²) in [7, 11) is 0. The lowest BCUT2D eigenvalue weighted by atomic mass is 9.80. The summed E-state index contributed by atoms with van der Waals surface area (Å²) < 4.78 is 0. The highest BCUT2D eigenvalue weighted by molar-refractivity contribution is 5.25. The van der Waals surface area contributed by atoms with Gasteiger partial charge in [0, 0.05) is 12.6 Å². The summed E-state index contributed by atoms with van der Waals surface area (Å²) in [5.41, 5.74) is 2.27. The maximum Gasteiger partial charge on any atom is 0.0771 e. The minimum Gasteiger partial charge on any atom is -0.389 e.